The number of carbonyl (C=O) groups is 2. The fraction of sp³-hybridized carbons (Fsp3) is 0.400. The van der Waals surface area contributed by atoms with Gasteiger partial charge in [-0.05, 0) is 13.8 Å². The van der Waals surface area contributed by atoms with E-state index < -0.39 is 0 Å². The van der Waals surface area contributed by atoms with Gasteiger partial charge in [0.25, 0.3) is 5.91 Å². The van der Waals surface area contributed by atoms with Gasteiger partial charge in [0.15, 0.2) is 0 Å². The lowest BCUT2D eigenvalue weighted by Gasteiger charge is -2.12. The molecular formula is C10H15NO2. The van der Waals surface area contributed by atoms with Gasteiger partial charge in [-0.15, -0.1) is 0 Å². The van der Waals surface area contributed by atoms with Crippen LogP contribution in [0.4, 0.5) is 0 Å². The van der Waals surface area contributed by atoms with Crippen molar-refractivity contribution in [3.05, 3.63) is 23.8 Å². The van der Waals surface area contributed by atoms with Crippen molar-refractivity contribution >= 4 is 11.8 Å². The molecule has 13 heavy (non-hydrogen) atoms. The molecule has 0 aliphatic heterocycles. The zero-order valence-electron chi connectivity index (χ0n) is 8.50. The van der Waals surface area contributed by atoms with Crippen LogP contribution < -0.4 is 0 Å². The Morgan fingerprint density at radius 2 is 1.77 bits per heavy atom. The summed E-state index contributed by atoms with van der Waals surface area (Å²) in [6.45, 7) is 4.91. The summed E-state index contributed by atoms with van der Waals surface area (Å²) < 4.78 is 0. The third kappa shape index (κ3) is 3.69. The number of nitrogens with zero attached hydrogens (tertiary/aromatic N) is 1. The molecule has 0 aromatic carbocycles. The standard InChI is InChI=1S/C10H15NO2/c1-5-6-7-8(2)10(13)11(4)9(3)12/h5-7H,1-4H3/b6-5-,8-7+. The first-order valence-corrected chi connectivity index (χ1v) is 4.09. The Hall–Kier alpha value is -1.38. The summed E-state index contributed by atoms with van der Waals surface area (Å²) in [5.74, 6) is -0.510. The maximum atomic E-state index is 11.4. The van der Waals surface area contributed by atoms with Gasteiger partial charge in [-0.2, -0.15) is 0 Å². The van der Waals surface area contributed by atoms with Crippen LogP contribution in [0.25, 0.3) is 0 Å². The normalized spacial score (nSPS) is 11.8. The van der Waals surface area contributed by atoms with Gasteiger partial charge >= 0.3 is 0 Å². The highest BCUT2D eigenvalue weighted by Gasteiger charge is 2.13. The maximum Gasteiger partial charge on any atom is 0.255 e. The second-order valence-corrected chi connectivity index (χ2v) is 2.76. The van der Waals surface area contributed by atoms with E-state index in [9.17, 15) is 9.59 Å². The summed E-state index contributed by atoms with van der Waals surface area (Å²) >= 11 is 0. The van der Waals surface area contributed by atoms with Crippen LogP contribution in [0.3, 0.4) is 0 Å². The Labute approximate surface area is 78.7 Å². The van der Waals surface area contributed by atoms with Gasteiger partial charge in [-0.25, -0.2) is 0 Å². The molecule has 0 bridgehead atoms. The van der Waals surface area contributed by atoms with Crippen molar-refractivity contribution < 1.29 is 9.59 Å². The van der Waals surface area contributed by atoms with E-state index in [1.54, 1.807) is 19.1 Å². The lowest BCUT2D eigenvalue weighted by molar-refractivity contribution is -0.139. The van der Waals surface area contributed by atoms with Crippen LogP contribution in [-0.2, 0) is 9.59 Å². The summed E-state index contributed by atoms with van der Waals surface area (Å²) in [4.78, 5) is 23.3. The van der Waals surface area contributed by atoms with Crippen LogP contribution in [-0.4, -0.2) is 23.8 Å². The molecule has 0 fully saturated rings. The molecule has 0 aromatic heterocycles. The lowest BCUT2D eigenvalue weighted by atomic mass is 10.2. The van der Waals surface area contributed by atoms with Gasteiger partial charge in [0.05, 0.1) is 0 Å². The second kappa shape index (κ2) is 5.30. The van der Waals surface area contributed by atoms with E-state index in [1.165, 1.54) is 14.0 Å². The predicted octanol–water partition coefficient (Wildman–Crippen LogP) is 1.51. The molecule has 3 nitrogen and oxygen atoms in total. The minimum absolute atomic E-state index is 0.252. The van der Waals surface area contributed by atoms with E-state index in [0.29, 0.717) is 5.57 Å². The topological polar surface area (TPSA) is 37.4 Å². The van der Waals surface area contributed by atoms with Crippen molar-refractivity contribution in [2.75, 3.05) is 7.05 Å². The first-order chi connectivity index (χ1) is 6.00. The molecule has 0 spiro atoms. The van der Waals surface area contributed by atoms with Crippen LogP contribution in [0.15, 0.2) is 23.8 Å². The second-order valence-electron chi connectivity index (χ2n) is 2.76. The maximum absolute atomic E-state index is 11.4. The Bertz CT molecular complexity index is 264. The van der Waals surface area contributed by atoms with Gasteiger partial charge in [0.2, 0.25) is 5.91 Å². The predicted molar refractivity (Wildman–Crippen MR) is 52.0 cm³/mol. The molecule has 72 valence electrons. The van der Waals surface area contributed by atoms with Gasteiger partial charge in [0, 0.05) is 19.5 Å². The highest BCUT2D eigenvalue weighted by atomic mass is 16.2. The van der Waals surface area contributed by atoms with Crippen molar-refractivity contribution in [1.29, 1.82) is 0 Å². The largest absolute Gasteiger partial charge is 0.282 e. The van der Waals surface area contributed by atoms with Gasteiger partial charge in [-0.1, -0.05) is 18.2 Å². The van der Waals surface area contributed by atoms with E-state index in [4.69, 9.17) is 0 Å². The third-order valence-corrected chi connectivity index (χ3v) is 1.65. The van der Waals surface area contributed by atoms with E-state index in [-0.39, 0.29) is 11.8 Å². The van der Waals surface area contributed by atoms with Gasteiger partial charge in [-0.3, -0.25) is 14.5 Å². The Balaban J connectivity index is 4.51. The lowest BCUT2D eigenvalue weighted by Crippen LogP contribution is -2.31. The van der Waals surface area contributed by atoms with E-state index in [1.807, 2.05) is 13.0 Å². The fourth-order valence-electron chi connectivity index (χ4n) is 0.719. The van der Waals surface area contributed by atoms with E-state index in [2.05, 4.69) is 0 Å². The smallest absolute Gasteiger partial charge is 0.255 e. The number of amides is 2. The summed E-state index contributed by atoms with van der Waals surface area (Å²) in [6.07, 6.45) is 5.27. The molecular weight excluding hydrogens is 166 g/mol. The van der Waals surface area contributed by atoms with E-state index in [0.717, 1.165) is 4.90 Å². The Morgan fingerprint density at radius 3 is 2.15 bits per heavy atom. The van der Waals surface area contributed by atoms with Crippen molar-refractivity contribution in [2.45, 2.75) is 20.8 Å². The quantitative estimate of drug-likeness (QED) is 0.478. The minimum Gasteiger partial charge on any atom is -0.282 e. The molecule has 0 saturated carbocycles. The van der Waals surface area contributed by atoms with Crippen LogP contribution in [0.2, 0.25) is 0 Å². The summed E-state index contributed by atoms with van der Waals surface area (Å²) in [5, 5.41) is 0. The van der Waals surface area contributed by atoms with Crippen molar-refractivity contribution in [3.63, 3.8) is 0 Å². The molecule has 0 aliphatic carbocycles. The van der Waals surface area contributed by atoms with Crippen LogP contribution in [0.1, 0.15) is 20.8 Å². The first-order valence-electron chi connectivity index (χ1n) is 4.09. The number of hydrogen-bond donors (Lipinski definition) is 0. The van der Waals surface area contributed by atoms with Crippen LogP contribution in [0.5, 0.6) is 0 Å². The number of likely N-dealkylation sites (N-methyl/N-ethyl adjacent to an activating group) is 1. The highest BCUT2D eigenvalue weighted by molar-refractivity contribution is 6.03. The Morgan fingerprint density at radius 1 is 1.23 bits per heavy atom. The average molecular weight is 181 g/mol. The molecule has 2 amide bonds. The molecule has 0 rings (SSSR count). The third-order valence-electron chi connectivity index (χ3n) is 1.65. The molecule has 0 heterocycles. The van der Waals surface area contributed by atoms with E-state index >= 15 is 0 Å². The number of hydrogen-bond acceptors (Lipinski definition) is 2. The van der Waals surface area contributed by atoms with Crippen molar-refractivity contribution in [1.82, 2.24) is 4.90 Å². The van der Waals surface area contributed by atoms with Gasteiger partial charge < -0.3 is 0 Å². The van der Waals surface area contributed by atoms with Crippen LogP contribution in [0, 0.1) is 0 Å². The zero-order chi connectivity index (χ0) is 10.4. The molecule has 0 aliphatic rings. The summed E-state index contributed by atoms with van der Waals surface area (Å²) in [7, 11) is 1.47. The summed E-state index contributed by atoms with van der Waals surface area (Å²) in [6, 6.07) is 0. The molecule has 0 N–H and O–H groups in total. The number of imide groups is 1. The molecule has 0 unspecified atom stereocenters. The Kier molecular flexibility index (Phi) is 4.74. The molecule has 0 saturated heterocycles. The van der Waals surface area contributed by atoms with Crippen molar-refractivity contribution in [2.24, 2.45) is 0 Å². The van der Waals surface area contributed by atoms with Gasteiger partial charge in [0.1, 0.15) is 0 Å². The number of allylic oxidation sites excluding steroid dienone is 3. The minimum atomic E-state index is -0.259. The average Bonchev–Trinajstić information content (AvgIpc) is 2.11. The molecule has 0 atom stereocenters. The monoisotopic (exact) mass is 181 g/mol. The fourth-order valence-corrected chi connectivity index (χ4v) is 0.719. The summed E-state index contributed by atoms with van der Waals surface area (Å²) in [5.41, 5.74) is 0.552. The first kappa shape index (κ1) is 11.6. The van der Waals surface area contributed by atoms with Crippen LogP contribution >= 0.6 is 0 Å². The SMILES string of the molecule is C/C=C\C=C(/C)C(=O)N(C)C(C)=O. The molecule has 3 heteroatoms. The molecule has 0 radical (unpaired) electrons. The zero-order valence-corrected chi connectivity index (χ0v) is 8.50. The number of carbonyl (C=O) groups excluding carboxylic acids is 2. The van der Waals surface area contributed by atoms with Crippen molar-refractivity contribution in [3.8, 4) is 0 Å². The number of rotatable bonds is 2. The highest BCUT2D eigenvalue weighted by Crippen LogP contribution is 1.99. The molecule has 0 aromatic rings.